The van der Waals surface area contributed by atoms with Gasteiger partial charge in [0.05, 0.1) is 0 Å². The lowest BCUT2D eigenvalue weighted by molar-refractivity contribution is 0.795. The Morgan fingerprint density at radius 1 is 0.760 bits per heavy atom. The average Bonchev–Trinajstić information content (AvgIpc) is 3.12. The molecular weight excluding hydrogens is 300 g/mol. The minimum Gasteiger partial charge on any atom is -0.0654 e. The topological polar surface area (TPSA) is 0 Å². The van der Waals surface area contributed by atoms with Gasteiger partial charge in [0.15, 0.2) is 0 Å². The largest absolute Gasteiger partial charge is 0.0654 e. The number of allylic oxidation sites excluding steroid dienone is 1. The molecule has 124 valence electrons. The molecule has 3 aromatic rings. The minimum absolute atomic E-state index is 1.03. The van der Waals surface area contributed by atoms with Crippen LogP contribution in [0.3, 0.4) is 0 Å². The summed E-state index contributed by atoms with van der Waals surface area (Å²) in [5.41, 5.74) is 9.70. The zero-order valence-corrected chi connectivity index (χ0v) is 14.8. The number of fused-ring (bicyclic) bond motifs is 1. The van der Waals surface area contributed by atoms with Gasteiger partial charge in [-0.1, -0.05) is 86.1 Å². The number of hydrogen-bond acceptors (Lipinski definition) is 0. The molecule has 0 heteroatoms. The lowest BCUT2D eigenvalue weighted by atomic mass is 9.96. The van der Waals surface area contributed by atoms with Crippen LogP contribution in [0.25, 0.3) is 22.8 Å². The van der Waals surface area contributed by atoms with Gasteiger partial charge in [0.2, 0.25) is 0 Å². The predicted molar refractivity (Wildman–Crippen MR) is 109 cm³/mol. The van der Waals surface area contributed by atoms with Crippen molar-refractivity contribution >= 4 is 11.6 Å². The van der Waals surface area contributed by atoms with Gasteiger partial charge >= 0.3 is 0 Å². The maximum atomic E-state index is 2.38. The fourth-order valence-corrected chi connectivity index (χ4v) is 3.69. The third kappa shape index (κ3) is 3.30. The van der Waals surface area contributed by atoms with E-state index in [4.69, 9.17) is 0 Å². The molecule has 0 nitrogen and oxygen atoms in total. The molecule has 0 N–H and O–H groups in total. The van der Waals surface area contributed by atoms with E-state index >= 15 is 0 Å². The summed E-state index contributed by atoms with van der Waals surface area (Å²) >= 11 is 0. The molecule has 1 aliphatic carbocycles. The molecule has 0 atom stereocenters. The number of aryl methyl sites for hydroxylation is 1. The molecule has 0 radical (unpaired) electrons. The first kappa shape index (κ1) is 15.9. The summed E-state index contributed by atoms with van der Waals surface area (Å²) in [4.78, 5) is 0. The molecule has 0 aliphatic heterocycles. The van der Waals surface area contributed by atoms with E-state index in [-0.39, 0.29) is 0 Å². The summed E-state index contributed by atoms with van der Waals surface area (Å²) in [5, 5.41) is 0. The third-order valence-electron chi connectivity index (χ3n) is 5.12. The van der Waals surface area contributed by atoms with Gasteiger partial charge in [0.25, 0.3) is 0 Å². The lowest BCUT2D eigenvalue weighted by Crippen LogP contribution is -1.89. The molecule has 0 saturated heterocycles. The molecule has 0 fully saturated rings. The SMILES string of the molecule is CCCCc1ccc(-c2cccc3c2C=C(c2ccccc2)C3)cc1. The minimum atomic E-state index is 1.03. The Bertz CT molecular complexity index is 883. The van der Waals surface area contributed by atoms with Crippen LogP contribution in [-0.2, 0) is 12.8 Å². The molecule has 0 aromatic heterocycles. The van der Waals surface area contributed by atoms with Crippen LogP contribution in [0.4, 0.5) is 0 Å². The van der Waals surface area contributed by atoms with Crippen molar-refractivity contribution in [1.29, 1.82) is 0 Å². The van der Waals surface area contributed by atoms with Crippen LogP contribution in [0.5, 0.6) is 0 Å². The van der Waals surface area contributed by atoms with Crippen molar-refractivity contribution in [3.05, 3.63) is 95.1 Å². The highest BCUT2D eigenvalue weighted by atomic mass is 14.2. The van der Waals surface area contributed by atoms with Crippen LogP contribution in [0, 0.1) is 0 Å². The number of benzene rings is 3. The molecule has 4 rings (SSSR count). The monoisotopic (exact) mass is 324 g/mol. The molecule has 0 spiro atoms. The second kappa shape index (κ2) is 7.11. The van der Waals surface area contributed by atoms with Gasteiger partial charge in [-0.3, -0.25) is 0 Å². The van der Waals surface area contributed by atoms with Crippen LogP contribution in [0.15, 0.2) is 72.8 Å². The van der Waals surface area contributed by atoms with Gasteiger partial charge < -0.3 is 0 Å². The molecule has 0 unspecified atom stereocenters. The van der Waals surface area contributed by atoms with Crippen molar-refractivity contribution in [3.63, 3.8) is 0 Å². The second-order valence-corrected chi connectivity index (χ2v) is 6.89. The smallest absolute Gasteiger partial charge is 0.00135 e. The Morgan fingerprint density at radius 2 is 1.56 bits per heavy atom. The summed E-state index contributed by atoms with van der Waals surface area (Å²) in [7, 11) is 0. The van der Waals surface area contributed by atoms with Crippen molar-refractivity contribution in [2.24, 2.45) is 0 Å². The Morgan fingerprint density at radius 3 is 2.32 bits per heavy atom. The molecule has 0 saturated carbocycles. The van der Waals surface area contributed by atoms with Gasteiger partial charge in [-0.2, -0.15) is 0 Å². The van der Waals surface area contributed by atoms with E-state index in [0.29, 0.717) is 0 Å². The predicted octanol–water partition coefficient (Wildman–Crippen LogP) is 6.79. The summed E-state index contributed by atoms with van der Waals surface area (Å²) in [6.07, 6.45) is 7.11. The van der Waals surface area contributed by atoms with Crippen molar-refractivity contribution in [2.75, 3.05) is 0 Å². The molecule has 25 heavy (non-hydrogen) atoms. The van der Waals surface area contributed by atoms with E-state index in [9.17, 15) is 0 Å². The van der Waals surface area contributed by atoms with Gasteiger partial charge in [-0.25, -0.2) is 0 Å². The zero-order valence-electron chi connectivity index (χ0n) is 14.8. The summed E-state index contributed by atoms with van der Waals surface area (Å²) in [6.45, 7) is 2.25. The van der Waals surface area contributed by atoms with E-state index in [0.717, 1.165) is 6.42 Å². The molecule has 0 heterocycles. The van der Waals surface area contributed by atoms with Crippen molar-refractivity contribution in [3.8, 4) is 11.1 Å². The van der Waals surface area contributed by atoms with E-state index in [1.165, 1.54) is 58.2 Å². The van der Waals surface area contributed by atoms with Crippen molar-refractivity contribution < 1.29 is 0 Å². The quantitative estimate of drug-likeness (QED) is 0.484. The zero-order chi connectivity index (χ0) is 17.1. The standard InChI is InChI=1S/C25H24/c1-2-3-8-19-13-15-21(16-14-19)24-12-7-11-22-17-23(18-25(22)24)20-9-5-4-6-10-20/h4-7,9-16,18H,2-3,8,17H2,1H3. The number of hydrogen-bond donors (Lipinski definition) is 0. The Hall–Kier alpha value is -2.60. The molecule has 0 bridgehead atoms. The van der Waals surface area contributed by atoms with Crippen LogP contribution >= 0.6 is 0 Å². The van der Waals surface area contributed by atoms with Crippen LogP contribution in [-0.4, -0.2) is 0 Å². The second-order valence-electron chi connectivity index (χ2n) is 6.89. The van der Waals surface area contributed by atoms with Gasteiger partial charge in [-0.05, 0) is 64.3 Å². The molecular formula is C25H24. The summed E-state index contributed by atoms with van der Waals surface area (Å²) in [6, 6.07) is 26.6. The third-order valence-corrected chi connectivity index (χ3v) is 5.12. The number of unbranched alkanes of at least 4 members (excludes halogenated alkanes) is 1. The first-order chi connectivity index (χ1) is 12.3. The van der Waals surface area contributed by atoms with Gasteiger partial charge in [0.1, 0.15) is 0 Å². The van der Waals surface area contributed by atoms with Gasteiger partial charge in [0, 0.05) is 0 Å². The van der Waals surface area contributed by atoms with E-state index < -0.39 is 0 Å². The Balaban J connectivity index is 1.67. The fraction of sp³-hybridized carbons (Fsp3) is 0.200. The maximum Gasteiger partial charge on any atom is -0.00135 e. The first-order valence-corrected chi connectivity index (χ1v) is 9.32. The van der Waals surface area contributed by atoms with Crippen LogP contribution in [0.1, 0.15) is 42.0 Å². The van der Waals surface area contributed by atoms with E-state index in [1.54, 1.807) is 0 Å². The lowest BCUT2D eigenvalue weighted by Gasteiger charge is -2.09. The van der Waals surface area contributed by atoms with Crippen molar-refractivity contribution in [1.82, 2.24) is 0 Å². The first-order valence-electron chi connectivity index (χ1n) is 9.32. The van der Waals surface area contributed by atoms with Crippen LogP contribution in [0.2, 0.25) is 0 Å². The Kier molecular flexibility index (Phi) is 4.52. The highest BCUT2D eigenvalue weighted by molar-refractivity contribution is 5.93. The molecule has 1 aliphatic rings. The Labute approximate surface area is 150 Å². The summed E-state index contributed by atoms with van der Waals surface area (Å²) in [5.74, 6) is 0. The van der Waals surface area contributed by atoms with E-state index in [1.807, 2.05) is 0 Å². The normalized spacial score (nSPS) is 12.8. The molecule has 3 aromatic carbocycles. The fourth-order valence-electron chi connectivity index (χ4n) is 3.69. The van der Waals surface area contributed by atoms with Crippen LogP contribution < -0.4 is 0 Å². The average molecular weight is 324 g/mol. The summed E-state index contributed by atoms with van der Waals surface area (Å²) < 4.78 is 0. The molecule has 0 amide bonds. The maximum absolute atomic E-state index is 2.38. The number of rotatable bonds is 5. The highest BCUT2D eigenvalue weighted by Crippen LogP contribution is 2.37. The highest BCUT2D eigenvalue weighted by Gasteiger charge is 2.17. The van der Waals surface area contributed by atoms with Crippen molar-refractivity contribution in [2.45, 2.75) is 32.6 Å². The van der Waals surface area contributed by atoms with Gasteiger partial charge in [-0.15, -0.1) is 0 Å². The van der Waals surface area contributed by atoms with E-state index in [2.05, 4.69) is 85.8 Å².